The topological polar surface area (TPSA) is 126 Å². The average Bonchev–Trinajstić information content (AvgIpc) is 2.98. The van der Waals surface area contributed by atoms with Crippen LogP contribution in [0.5, 0.6) is 5.88 Å². The molecule has 3 rings (SSSR count). The van der Waals surface area contributed by atoms with Gasteiger partial charge < -0.3 is 30.1 Å². The summed E-state index contributed by atoms with van der Waals surface area (Å²) in [5.41, 5.74) is 2.77. The second-order valence-corrected chi connectivity index (χ2v) is 10.1. The number of alkyl halides is 1. The number of carboxylic acids is 1. The number of hydrogen-bond acceptors (Lipinski definition) is 8. The number of anilines is 1. The molecular weight excluding hydrogens is 517 g/mol. The summed E-state index contributed by atoms with van der Waals surface area (Å²) in [6, 6.07) is 8.23. The predicted molar refractivity (Wildman–Crippen MR) is 151 cm³/mol. The maximum absolute atomic E-state index is 13.4. The molecule has 1 unspecified atom stereocenters. The quantitative estimate of drug-likeness (QED) is 0.251. The molecule has 40 heavy (non-hydrogen) atoms. The molecule has 1 aliphatic heterocycles. The molecule has 0 spiro atoms. The van der Waals surface area contributed by atoms with E-state index in [2.05, 4.69) is 27.8 Å². The lowest BCUT2D eigenvalue weighted by molar-refractivity contribution is -0.142. The Morgan fingerprint density at radius 1 is 1.18 bits per heavy atom. The normalized spacial score (nSPS) is 15.0. The third kappa shape index (κ3) is 9.41. The second-order valence-electron chi connectivity index (χ2n) is 10.1. The van der Waals surface area contributed by atoms with E-state index in [4.69, 9.17) is 14.5 Å². The van der Waals surface area contributed by atoms with Gasteiger partial charge in [0.05, 0.1) is 24.8 Å². The minimum absolute atomic E-state index is 0.167. The van der Waals surface area contributed by atoms with E-state index in [9.17, 15) is 19.1 Å². The van der Waals surface area contributed by atoms with Crippen LogP contribution in [0.3, 0.4) is 0 Å². The molecule has 3 atom stereocenters. The van der Waals surface area contributed by atoms with E-state index in [0.29, 0.717) is 31.2 Å². The summed E-state index contributed by atoms with van der Waals surface area (Å²) in [4.78, 5) is 35.9. The summed E-state index contributed by atoms with van der Waals surface area (Å²) < 4.78 is 23.8. The fraction of sp³-hybridized carbons (Fsp3) is 0.586. The Labute approximate surface area is 235 Å². The zero-order chi connectivity index (χ0) is 28.9. The first-order chi connectivity index (χ1) is 19.3. The van der Waals surface area contributed by atoms with Gasteiger partial charge in [-0.05, 0) is 69.7 Å². The molecule has 3 heterocycles. The van der Waals surface area contributed by atoms with Crippen LogP contribution in [0.4, 0.5) is 10.2 Å². The average molecular weight is 560 g/mol. The summed E-state index contributed by atoms with van der Waals surface area (Å²) in [5.74, 6) is -0.869. The Balaban J connectivity index is 1.54. The second kappa shape index (κ2) is 16.1. The number of hydrogen-bond donors (Lipinski definition) is 3. The van der Waals surface area contributed by atoms with Crippen molar-refractivity contribution in [2.45, 2.75) is 63.5 Å². The number of pyridine rings is 2. The molecule has 3 N–H and O–H groups in total. The molecule has 220 valence electrons. The first-order valence-electron chi connectivity index (χ1n) is 13.9. The van der Waals surface area contributed by atoms with Crippen molar-refractivity contribution in [1.29, 1.82) is 0 Å². The lowest BCUT2D eigenvalue weighted by atomic mass is 10.0. The van der Waals surface area contributed by atoms with Crippen molar-refractivity contribution >= 4 is 17.7 Å². The van der Waals surface area contributed by atoms with Gasteiger partial charge in [0, 0.05) is 38.5 Å². The number of amides is 1. The van der Waals surface area contributed by atoms with Crippen LogP contribution in [0.2, 0.25) is 0 Å². The third-order valence-corrected chi connectivity index (χ3v) is 7.22. The Bertz CT molecular complexity index is 1100. The van der Waals surface area contributed by atoms with Gasteiger partial charge in [-0.2, -0.15) is 0 Å². The molecule has 0 aliphatic carbocycles. The van der Waals surface area contributed by atoms with Crippen LogP contribution in [-0.2, 0) is 27.2 Å². The number of rotatable bonds is 17. The van der Waals surface area contributed by atoms with E-state index in [1.165, 1.54) is 19.8 Å². The van der Waals surface area contributed by atoms with Crippen LogP contribution >= 0.6 is 0 Å². The summed E-state index contributed by atoms with van der Waals surface area (Å²) in [5, 5.41) is 15.8. The summed E-state index contributed by atoms with van der Waals surface area (Å²) in [6.07, 6.45) is 4.27. The van der Waals surface area contributed by atoms with Gasteiger partial charge in [0.1, 0.15) is 18.5 Å². The molecular formula is C29H42FN5O5. The summed E-state index contributed by atoms with van der Waals surface area (Å²) >= 11 is 0. The lowest BCUT2D eigenvalue weighted by Crippen LogP contribution is -2.45. The fourth-order valence-electron chi connectivity index (χ4n) is 4.70. The number of methoxy groups -OCH3 is 2. The highest BCUT2D eigenvalue weighted by Gasteiger charge is 2.26. The Kier molecular flexibility index (Phi) is 12.5. The number of aliphatic carboxylic acids is 1. The van der Waals surface area contributed by atoms with Crippen molar-refractivity contribution in [3.63, 3.8) is 0 Å². The van der Waals surface area contributed by atoms with E-state index in [0.717, 1.165) is 50.2 Å². The Morgan fingerprint density at radius 3 is 2.73 bits per heavy atom. The van der Waals surface area contributed by atoms with E-state index < -0.39 is 36.6 Å². The summed E-state index contributed by atoms with van der Waals surface area (Å²) in [6.45, 7) is 3.32. The number of carboxylic acid groups (broad SMARTS) is 1. The maximum atomic E-state index is 13.4. The maximum Gasteiger partial charge on any atom is 0.326 e. The number of carbonyl (C=O) groups excluding carboxylic acids is 1. The molecule has 1 aliphatic rings. The minimum atomic E-state index is -1.13. The highest BCUT2D eigenvalue weighted by molar-refractivity contribution is 5.87. The molecule has 0 bridgehead atoms. The number of ether oxygens (including phenoxy) is 2. The molecule has 0 saturated carbocycles. The van der Waals surface area contributed by atoms with Crippen molar-refractivity contribution in [3.05, 3.63) is 47.3 Å². The first kappa shape index (κ1) is 31.2. The molecule has 0 radical (unpaired) electrons. The van der Waals surface area contributed by atoms with Crippen molar-refractivity contribution in [1.82, 2.24) is 20.2 Å². The van der Waals surface area contributed by atoms with Gasteiger partial charge in [0.2, 0.25) is 11.8 Å². The standard InChI is InChI=1S/C29H42FN5O5/c1-20(24-10-6-11-26(33-24)40-3)28(36)34-25(29(37)38)14-17-35(19-23(18-30)39-2)16-5-4-9-22-13-12-21-8-7-15-31-27(21)32-22/h6,10-13,20,23,25H,4-5,7-9,14-19H2,1-3H3,(H,31,32)(H,34,36)(H,37,38)/t20?,23-,25+/m1/s1. The number of aromatic nitrogens is 2. The van der Waals surface area contributed by atoms with Gasteiger partial charge in [0.15, 0.2) is 0 Å². The van der Waals surface area contributed by atoms with Crippen molar-refractivity contribution in [2.24, 2.45) is 0 Å². The predicted octanol–water partition coefficient (Wildman–Crippen LogP) is 3.22. The van der Waals surface area contributed by atoms with Crippen LogP contribution in [0, 0.1) is 0 Å². The smallest absolute Gasteiger partial charge is 0.326 e. The molecule has 0 aromatic carbocycles. The van der Waals surface area contributed by atoms with E-state index in [1.807, 2.05) is 4.90 Å². The fourth-order valence-corrected chi connectivity index (χ4v) is 4.70. The number of nitrogens with zero attached hydrogens (tertiary/aromatic N) is 3. The number of fused-ring (bicyclic) bond motifs is 1. The number of nitrogens with one attached hydrogen (secondary N) is 2. The number of aryl methyl sites for hydroxylation is 2. The van der Waals surface area contributed by atoms with Gasteiger partial charge >= 0.3 is 5.97 Å². The third-order valence-electron chi connectivity index (χ3n) is 7.22. The van der Waals surface area contributed by atoms with Crippen molar-refractivity contribution in [3.8, 4) is 5.88 Å². The van der Waals surface area contributed by atoms with Crippen LogP contribution < -0.4 is 15.4 Å². The molecule has 10 nitrogen and oxygen atoms in total. The van der Waals surface area contributed by atoms with Gasteiger partial charge in [-0.15, -0.1) is 0 Å². The Morgan fingerprint density at radius 2 is 2.00 bits per heavy atom. The monoisotopic (exact) mass is 559 g/mol. The van der Waals surface area contributed by atoms with Gasteiger partial charge in [-0.3, -0.25) is 4.79 Å². The summed E-state index contributed by atoms with van der Waals surface area (Å²) in [7, 11) is 2.95. The zero-order valence-electron chi connectivity index (χ0n) is 23.7. The molecule has 0 saturated heterocycles. The Hall–Kier alpha value is -3.31. The SMILES string of the molecule is COc1cccc(C(C)C(=O)N[C@@H](CCN(CCCCc2ccc3c(n2)NCCC3)C[C@@H](CF)OC)C(=O)O)n1. The number of unbranched alkanes of at least 4 members (excludes halogenated alkanes) is 1. The van der Waals surface area contributed by atoms with E-state index in [1.54, 1.807) is 25.1 Å². The minimum Gasteiger partial charge on any atom is -0.481 e. The van der Waals surface area contributed by atoms with Crippen molar-refractivity contribution in [2.75, 3.05) is 52.4 Å². The van der Waals surface area contributed by atoms with Crippen molar-refractivity contribution < 1.29 is 28.6 Å². The zero-order valence-corrected chi connectivity index (χ0v) is 23.7. The van der Waals surface area contributed by atoms with Crippen LogP contribution in [0.25, 0.3) is 0 Å². The van der Waals surface area contributed by atoms with Crippen LogP contribution in [-0.4, -0.2) is 91.1 Å². The molecule has 2 aromatic rings. The van der Waals surface area contributed by atoms with Crippen LogP contribution in [0.1, 0.15) is 55.5 Å². The lowest BCUT2D eigenvalue weighted by Gasteiger charge is -2.27. The van der Waals surface area contributed by atoms with Crippen LogP contribution in [0.15, 0.2) is 30.3 Å². The number of halogens is 1. The van der Waals surface area contributed by atoms with Gasteiger partial charge in [-0.25, -0.2) is 19.2 Å². The highest BCUT2D eigenvalue weighted by Crippen LogP contribution is 2.20. The van der Waals surface area contributed by atoms with E-state index >= 15 is 0 Å². The molecule has 0 fully saturated rings. The first-order valence-corrected chi connectivity index (χ1v) is 13.9. The number of carbonyl (C=O) groups is 2. The largest absolute Gasteiger partial charge is 0.481 e. The van der Waals surface area contributed by atoms with Gasteiger partial charge in [-0.1, -0.05) is 12.1 Å². The van der Waals surface area contributed by atoms with E-state index in [-0.39, 0.29) is 6.42 Å². The van der Waals surface area contributed by atoms with Gasteiger partial charge in [0.25, 0.3) is 0 Å². The molecule has 1 amide bonds. The molecule has 11 heteroatoms. The molecule has 2 aromatic heterocycles. The highest BCUT2D eigenvalue weighted by atomic mass is 19.1.